The van der Waals surface area contributed by atoms with E-state index < -0.39 is 0 Å². The number of benzene rings is 1. The lowest BCUT2D eigenvalue weighted by molar-refractivity contribution is 0.302. The Bertz CT molecular complexity index is 383. The van der Waals surface area contributed by atoms with E-state index in [1.165, 1.54) is 0 Å². The molecule has 0 unspecified atom stereocenters. The Labute approximate surface area is 117 Å². The van der Waals surface area contributed by atoms with Crippen molar-refractivity contribution in [3.63, 3.8) is 0 Å². The Kier molecular flexibility index (Phi) is 6.16. The molecule has 0 amide bonds. The maximum absolute atomic E-state index is 5.85. The highest BCUT2D eigenvalue weighted by Gasteiger charge is 2.12. The summed E-state index contributed by atoms with van der Waals surface area (Å²) in [4.78, 5) is 0. The molecule has 0 atom stereocenters. The topological polar surface area (TPSA) is 30.5 Å². The molecule has 0 aliphatic carbocycles. The van der Waals surface area contributed by atoms with Crippen molar-refractivity contribution in [2.45, 2.75) is 52.6 Å². The van der Waals surface area contributed by atoms with E-state index in [1.54, 1.807) is 7.11 Å². The molecule has 0 spiro atoms. The third-order valence-electron chi connectivity index (χ3n) is 2.83. The van der Waals surface area contributed by atoms with Gasteiger partial charge in [-0.3, -0.25) is 0 Å². The van der Waals surface area contributed by atoms with Crippen LogP contribution in [0, 0.1) is 0 Å². The summed E-state index contributed by atoms with van der Waals surface area (Å²) in [6.07, 6.45) is 2.23. The molecular weight excluding hydrogens is 238 g/mol. The molecule has 1 aromatic carbocycles. The summed E-state index contributed by atoms with van der Waals surface area (Å²) in [5.41, 5.74) is 1.23. The molecule has 0 radical (unpaired) electrons. The van der Waals surface area contributed by atoms with E-state index in [4.69, 9.17) is 9.47 Å². The van der Waals surface area contributed by atoms with Crippen LogP contribution in [0.1, 0.15) is 46.1 Å². The van der Waals surface area contributed by atoms with Gasteiger partial charge in [0.05, 0.1) is 13.7 Å². The molecule has 19 heavy (non-hydrogen) atoms. The SMILES string of the molecule is CCCCOc1ccc(OC)cc1CNC(C)(C)C. The molecule has 0 aliphatic heterocycles. The van der Waals surface area contributed by atoms with Gasteiger partial charge in [0, 0.05) is 17.6 Å². The van der Waals surface area contributed by atoms with Crippen LogP contribution in [0.3, 0.4) is 0 Å². The van der Waals surface area contributed by atoms with Crippen LogP contribution < -0.4 is 14.8 Å². The standard InChI is InChI=1S/C16H27NO2/c1-6-7-10-19-15-9-8-14(18-5)11-13(15)12-17-16(2,3)4/h8-9,11,17H,6-7,10,12H2,1-5H3. The second-order valence-corrected chi connectivity index (χ2v) is 5.78. The second kappa shape index (κ2) is 7.39. The van der Waals surface area contributed by atoms with Gasteiger partial charge in [-0.05, 0) is 45.4 Å². The molecule has 1 N–H and O–H groups in total. The van der Waals surface area contributed by atoms with Crippen molar-refractivity contribution in [3.05, 3.63) is 23.8 Å². The predicted molar refractivity (Wildman–Crippen MR) is 80.0 cm³/mol. The lowest BCUT2D eigenvalue weighted by atomic mass is 10.1. The minimum atomic E-state index is 0.0871. The van der Waals surface area contributed by atoms with Crippen LogP contribution in [-0.2, 0) is 6.54 Å². The fraction of sp³-hybridized carbons (Fsp3) is 0.625. The molecule has 1 aromatic rings. The zero-order valence-corrected chi connectivity index (χ0v) is 12.9. The Morgan fingerprint density at radius 2 is 1.95 bits per heavy atom. The van der Waals surface area contributed by atoms with Crippen LogP contribution >= 0.6 is 0 Å². The van der Waals surface area contributed by atoms with E-state index >= 15 is 0 Å². The van der Waals surface area contributed by atoms with E-state index in [2.05, 4.69) is 33.0 Å². The van der Waals surface area contributed by atoms with Gasteiger partial charge < -0.3 is 14.8 Å². The van der Waals surface area contributed by atoms with Crippen LogP contribution in [-0.4, -0.2) is 19.3 Å². The molecule has 3 nitrogen and oxygen atoms in total. The zero-order chi connectivity index (χ0) is 14.3. The van der Waals surface area contributed by atoms with Gasteiger partial charge in [-0.15, -0.1) is 0 Å². The highest BCUT2D eigenvalue weighted by atomic mass is 16.5. The van der Waals surface area contributed by atoms with E-state index in [0.717, 1.165) is 43.1 Å². The minimum absolute atomic E-state index is 0.0871. The van der Waals surface area contributed by atoms with Crippen LogP contribution in [0.5, 0.6) is 11.5 Å². The molecular formula is C16H27NO2. The molecule has 3 heteroatoms. The number of ether oxygens (including phenoxy) is 2. The van der Waals surface area contributed by atoms with Gasteiger partial charge in [0.1, 0.15) is 11.5 Å². The van der Waals surface area contributed by atoms with Crippen molar-refractivity contribution in [3.8, 4) is 11.5 Å². The number of nitrogens with one attached hydrogen (secondary N) is 1. The number of unbranched alkanes of at least 4 members (excludes halogenated alkanes) is 1. The third-order valence-corrected chi connectivity index (χ3v) is 2.83. The van der Waals surface area contributed by atoms with E-state index in [0.29, 0.717) is 0 Å². The Hall–Kier alpha value is -1.22. The van der Waals surface area contributed by atoms with Crippen molar-refractivity contribution in [1.29, 1.82) is 0 Å². The first-order valence-corrected chi connectivity index (χ1v) is 7.01. The van der Waals surface area contributed by atoms with Crippen LogP contribution in [0.15, 0.2) is 18.2 Å². The molecule has 1 rings (SSSR count). The van der Waals surface area contributed by atoms with Gasteiger partial charge >= 0.3 is 0 Å². The first-order valence-electron chi connectivity index (χ1n) is 7.01. The normalized spacial score (nSPS) is 11.4. The Balaban J connectivity index is 2.77. The summed E-state index contributed by atoms with van der Waals surface area (Å²) in [7, 11) is 1.69. The first kappa shape index (κ1) is 15.8. The predicted octanol–water partition coefficient (Wildman–Crippen LogP) is 3.76. The van der Waals surface area contributed by atoms with Crippen molar-refractivity contribution in [2.75, 3.05) is 13.7 Å². The maximum Gasteiger partial charge on any atom is 0.124 e. The van der Waals surface area contributed by atoms with Gasteiger partial charge in [-0.1, -0.05) is 13.3 Å². The van der Waals surface area contributed by atoms with Gasteiger partial charge in [0.2, 0.25) is 0 Å². The molecule has 0 aliphatic rings. The molecule has 0 saturated heterocycles. The lowest BCUT2D eigenvalue weighted by Crippen LogP contribution is -2.35. The molecule has 0 saturated carbocycles. The molecule has 0 fully saturated rings. The fourth-order valence-corrected chi connectivity index (χ4v) is 1.65. The molecule has 0 bridgehead atoms. The van der Waals surface area contributed by atoms with Crippen LogP contribution in [0.4, 0.5) is 0 Å². The fourth-order valence-electron chi connectivity index (χ4n) is 1.65. The summed E-state index contributed by atoms with van der Waals surface area (Å²) in [5, 5.41) is 3.48. The maximum atomic E-state index is 5.85. The highest BCUT2D eigenvalue weighted by molar-refractivity contribution is 5.40. The number of rotatable bonds is 7. The van der Waals surface area contributed by atoms with Gasteiger partial charge in [0.25, 0.3) is 0 Å². The summed E-state index contributed by atoms with van der Waals surface area (Å²) in [6.45, 7) is 10.2. The average Bonchev–Trinajstić information content (AvgIpc) is 2.36. The lowest BCUT2D eigenvalue weighted by Gasteiger charge is -2.22. The largest absolute Gasteiger partial charge is 0.497 e. The van der Waals surface area contributed by atoms with E-state index in [-0.39, 0.29) is 5.54 Å². The van der Waals surface area contributed by atoms with Crippen molar-refractivity contribution in [2.24, 2.45) is 0 Å². The zero-order valence-electron chi connectivity index (χ0n) is 12.9. The molecule has 108 valence electrons. The smallest absolute Gasteiger partial charge is 0.124 e. The van der Waals surface area contributed by atoms with Crippen LogP contribution in [0.25, 0.3) is 0 Å². The highest BCUT2D eigenvalue weighted by Crippen LogP contribution is 2.25. The van der Waals surface area contributed by atoms with Crippen molar-refractivity contribution >= 4 is 0 Å². The minimum Gasteiger partial charge on any atom is -0.497 e. The van der Waals surface area contributed by atoms with Crippen molar-refractivity contribution in [1.82, 2.24) is 5.32 Å². The summed E-state index contributed by atoms with van der Waals surface area (Å²) >= 11 is 0. The first-order chi connectivity index (χ1) is 8.96. The summed E-state index contributed by atoms with van der Waals surface area (Å²) in [5.74, 6) is 1.82. The van der Waals surface area contributed by atoms with E-state index in [9.17, 15) is 0 Å². The number of hydrogen-bond donors (Lipinski definition) is 1. The Morgan fingerprint density at radius 1 is 1.21 bits per heavy atom. The molecule has 0 aromatic heterocycles. The number of hydrogen-bond acceptors (Lipinski definition) is 3. The summed E-state index contributed by atoms with van der Waals surface area (Å²) in [6, 6.07) is 5.98. The number of methoxy groups -OCH3 is 1. The van der Waals surface area contributed by atoms with E-state index in [1.807, 2.05) is 18.2 Å². The second-order valence-electron chi connectivity index (χ2n) is 5.78. The Morgan fingerprint density at radius 3 is 2.53 bits per heavy atom. The summed E-state index contributed by atoms with van der Waals surface area (Å²) < 4.78 is 11.1. The van der Waals surface area contributed by atoms with Crippen molar-refractivity contribution < 1.29 is 9.47 Å². The average molecular weight is 265 g/mol. The van der Waals surface area contributed by atoms with Gasteiger partial charge in [0.15, 0.2) is 0 Å². The van der Waals surface area contributed by atoms with Crippen LogP contribution in [0.2, 0.25) is 0 Å². The van der Waals surface area contributed by atoms with Gasteiger partial charge in [-0.2, -0.15) is 0 Å². The van der Waals surface area contributed by atoms with Gasteiger partial charge in [-0.25, -0.2) is 0 Å². The third kappa shape index (κ3) is 5.97. The molecule has 0 heterocycles. The quantitative estimate of drug-likeness (QED) is 0.761. The monoisotopic (exact) mass is 265 g/mol.